The fraction of sp³-hybridized carbons (Fsp3) is 0.160. The predicted molar refractivity (Wildman–Crippen MR) is 128 cm³/mol. The van der Waals surface area contributed by atoms with Crippen molar-refractivity contribution in [3.63, 3.8) is 0 Å². The van der Waals surface area contributed by atoms with Gasteiger partial charge in [0.2, 0.25) is 0 Å². The molecular formula is C25H23ClFN3O3. The van der Waals surface area contributed by atoms with Gasteiger partial charge in [0.25, 0.3) is 0 Å². The number of hydrogen-bond acceptors (Lipinski definition) is 6. The molecule has 33 heavy (non-hydrogen) atoms. The maximum atomic E-state index is 13.3. The normalized spacial score (nSPS) is 10.2. The van der Waals surface area contributed by atoms with Crippen molar-refractivity contribution in [2.75, 3.05) is 12.4 Å². The number of benzene rings is 3. The van der Waals surface area contributed by atoms with E-state index < -0.39 is 5.97 Å². The van der Waals surface area contributed by atoms with E-state index in [0.717, 1.165) is 0 Å². The summed E-state index contributed by atoms with van der Waals surface area (Å²) in [7, 11) is 1.33. The molecule has 6 nitrogen and oxygen atoms in total. The second-order valence-corrected chi connectivity index (χ2v) is 7.04. The van der Waals surface area contributed by atoms with Crippen molar-refractivity contribution in [2.45, 2.75) is 20.5 Å². The van der Waals surface area contributed by atoms with Crippen LogP contribution >= 0.6 is 11.6 Å². The van der Waals surface area contributed by atoms with Crippen LogP contribution in [0.1, 0.15) is 29.8 Å². The largest absolute Gasteiger partial charge is 0.487 e. The van der Waals surface area contributed by atoms with E-state index >= 15 is 0 Å². The number of halogens is 2. The van der Waals surface area contributed by atoms with Crippen LogP contribution in [0.4, 0.5) is 15.9 Å². The monoisotopic (exact) mass is 467 g/mol. The Kier molecular flexibility index (Phi) is 8.16. The van der Waals surface area contributed by atoms with Crippen LogP contribution in [0.25, 0.3) is 10.9 Å². The number of methoxy groups -OCH3 is 1. The van der Waals surface area contributed by atoms with Gasteiger partial charge in [-0.15, -0.1) is 0 Å². The molecule has 4 rings (SSSR count). The van der Waals surface area contributed by atoms with Crippen LogP contribution in [0.5, 0.6) is 5.75 Å². The van der Waals surface area contributed by atoms with Crippen LogP contribution < -0.4 is 10.1 Å². The first-order valence-electron chi connectivity index (χ1n) is 10.3. The lowest BCUT2D eigenvalue weighted by Crippen LogP contribution is -2.02. The fourth-order valence-corrected chi connectivity index (χ4v) is 3.26. The third-order valence-corrected chi connectivity index (χ3v) is 4.83. The highest BCUT2D eigenvalue weighted by Crippen LogP contribution is 2.31. The van der Waals surface area contributed by atoms with Gasteiger partial charge >= 0.3 is 5.97 Å². The molecule has 0 spiro atoms. The minimum Gasteiger partial charge on any atom is -0.487 e. The van der Waals surface area contributed by atoms with Gasteiger partial charge in [-0.05, 0) is 54.1 Å². The molecule has 8 heteroatoms. The van der Waals surface area contributed by atoms with Gasteiger partial charge in [0.05, 0.1) is 23.2 Å². The molecule has 0 bridgehead atoms. The van der Waals surface area contributed by atoms with E-state index in [1.807, 2.05) is 13.8 Å². The molecule has 0 aliphatic rings. The highest BCUT2D eigenvalue weighted by molar-refractivity contribution is 6.32. The number of fused-ring (bicyclic) bond motifs is 1. The topological polar surface area (TPSA) is 73.3 Å². The van der Waals surface area contributed by atoms with Crippen molar-refractivity contribution < 1.29 is 18.7 Å². The molecule has 0 saturated heterocycles. The van der Waals surface area contributed by atoms with E-state index in [4.69, 9.17) is 21.1 Å². The Morgan fingerprint density at radius 2 is 1.88 bits per heavy atom. The second kappa shape index (κ2) is 11.2. The number of anilines is 2. The number of ether oxygens (including phenoxy) is 2. The summed E-state index contributed by atoms with van der Waals surface area (Å²) in [6, 6.07) is 16.4. The first-order chi connectivity index (χ1) is 16.0. The Morgan fingerprint density at radius 3 is 2.61 bits per heavy atom. The van der Waals surface area contributed by atoms with E-state index in [2.05, 4.69) is 15.3 Å². The Labute approximate surface area is 196 Å². The van der Waals surface area contributed by atoms with Crippen LogP contribution in [0.15, 0.2) is 67.0 Å². The lowest BCUT2D eigenvalue weighted by atomic mass is 10.1. The third-order valence-electron chi connectivity index (χ3n) is 4.53. The van der Waals surface area contributed by atoms with Crippen molar-refractivity contribution in [3.05, 3.63) is 89.0 Å². The quantitative estimate of drug-likeness (QED) is 0.324. The summed E-state index contributed by atoms with van der Waals surface area (Å²) < 4.78 is 23.8. The summed E-state index contributed by atoms with van der Waals surface area (Å²) in [6.07, 6.45) is 1.43. The number of carbonyl (C=O) groups excluding carboxylic acids is 1. The number of rotatable bonds is 6. The molecule has 0 amide bonds. The molecule has 0 atom stereocenters. The van der Waals surface area contributed by atoms with Gasteiger partial charge in [0.15, 0.2) is 0 Å². The van der Waals surface area contributed by atoms with E-state index in [1.165, 1.54) is 25.6 Å². The fourth-order valence-electron chi connectivity index (χ4n) is 3.02. The lowest BCUT2D eigenvalue weighted by Gasteiger charge is -2.12. The third kappa shape index (κ3) is 5.96. The smallest absolute Gasteiger partial charge is 0.337 e. The molecule has 0 saturated carbocycles. The first kappa shape index (κ1) is 23.9. The van der Waals surface area contributed by atoms with Crippen LogP contribution in [0.2, 0.25) is 5.02 Å². The van der Waals surface area contributed by atoms with E-state index in [1.54, 1.807) is 48.5 Å². The SMILES string of the molecule is CC.COC(=O)c1ccc2ncnc(Nc3ccc(OCc4cccc(F)c4)c(Cl)c3)c2c1. The summed E-state index contributed by atoms with van der Waals surface area (Å²) >= 11 is 6.36. The number of aromatic nitrogens is 2. The standard InChI is InChI=1S/C23H17ClFN3O3.C2H6/c1-30-23(29)15-5-7-20-18(10-15)22(27-13-26-20)28-17-6-8-21(19(24)11-17)31-12-14-3-2-4-16(25)9-14;1-2/h2-11,13H,12H2,1H3,(H,26,27,28);1-2H3. The second-order valence-electron chi connectivity index (χ2n) is 6.63. The number of hydrogen-bond donors (Lipinski definition) is 1. The lowest BCUT2D eigenvalue weighted by molar-refractivity contribution is 0.0601. The molecule has 170 valence electrons. The highest BCUT2D eigenvalue weighted by atomic mass is 35.5. The molecule has 4 aromatic rings. The van der Waals surface area contributed by atoms with E-state index in [9.17, 15) is 9.18 Å². The Hall–Kier alpha value is -3.71. The van der Waals surface area contributed by atoms with Crippen molar-refractivity contribution in [1.82, 2.24) is 9.97 Å². The summed E-state index contributed by atoms with van der Waals surface area (Å²) in [4.78, 5) is 20.4. The Bertz CT molecular complexity index is 1270. The number of esters is 1. The molecule has 1 heterocycles. The summed E-state index contributed by atoms with van der Waals surface area (Å²) in [5.74, 6) is 0.218. The summed E-state index contributed by atoms with van der Waals surface area (Å²) in [5, 5.41) is 4.23. The molecule has 0 unspecified atom stereocenters. The predicted octanol–water partition coefficient (Wildman–Crippen LogP) is 6.56. The zero-order valence-electron chi connectivity index (χ0n) is 18.4. The van der Waals surface area contributed by atoms with Gasteiger partial charge in [-0.3, -0.25) is 0 Å². The minimum absolute atomic E-state index is 0.192. The molecule has 1 aromatic heterocycles. The highest BCUT2D eigenvalue weighted by Gasteiger charge is 2.11. The van der Waals surface area contributed by atoms with Gasteiger partial charge in [-0.1, -0.05) is 37.6 Å². The number of nitrogens with zero attached hydrogens (tertiary/aromatic N) is 2. The van der Waals surface area contributed by atoms with Gasteiger partial charge in [-0.2, -0.15) is 0 Å². The van der Waals surface area contributed by atoms with Crippen LogP contribution in [0.3, 0.4) is 0 Å². The molecule has 0 aliphatic carbocycles. The Morgan fingerprint density at radius 1 is 1.06 bits per heavy atom. The molecule has 0 aliphatic heterocycles. The van der Waals surface area contributed by atoms with Crippen molar-refractivity contribution in [1.29, 1.82) is 0 Å². The molecule has 1 N–H and O–H groups in total. The maximum Gasteiger partial charge on any atom is 0.337 e. The summed E-state index contributed by atoms with van der Waals surface area (Å²) in [6.45, 7) is 4.19. The van der Waals surface area contributed by atoms with Crippen molar-refractivity contribution in [2.24, 2.45) is 0 Å². The number of nitrogens with one attached hydrogen (secondary N) is 1. The summed E-state index contributed by atoms with van der Waals surface area (Å²) in [5.41, 5.74) is 2.44. The van der Waals surface area contributed by atoms with Crippen molar-refractivity contribution in [3.8, 4) is 5.75 Å². The molecular weight excluding hydrogens is 445 g/mol. The van der Waals surface area contributed by atoms with Crippen LogP contribution in [-0.2, 0) is 11.3 Å². The molecule has 0 radical (unpaired) electrons. The zero-order chi connectivity index (χ0) is 23.8. The van der Waals surface area contributed by atoms with Crippen LogP contribution in [0, 0.1) is 5.82 Å². The van der Waals surface area contributed by atoms with Gasteiger partial charge in [0, 0.05) is 11.1 Å². The minimum atomic E-state index is -0.445. The van der Waals surface area contributed by atoms with Crippen molar-refractivity contribution >= 4 is 40.0 Å². The maximum absolute atomic E-state index is 13.3. The van der Waals surface area contributed by atoms with Gasteiger partial charge in [0.1, 0.15) is 30.3 Å². The number of carbonyl (C=O) groups is 1. The molecule has 3 aromatic carbocycles. The zero-order valence-corrected chi connectivity index (χ0v) is 19.2. The van der Waals surface area contributed by atoms with Gasteiger partial charge < -0.3 is 14.8 Å². The average Bonchev–Trinajstić information content (AvgIpc) is 2.84. The van der Waals surface area contributed by atoms with E-state index in [-0.39, 0.29) is 12.4 Å². The van der Waals surface area contributed by atoms with Crippen LogP contribution in [-0.4, -0.2) is 23.0 Å². The van der Waals surface area contributed by atoms with E-state index in [0.29, 0.717) is 44.3 Å². The van der Waals surface area contributed by atoms with Gasteiger partial charge in [-0.25, -0.2) is 19.2 Å². The Balaban J connectivity index is 0.00000149. The molecule has 0 fully saturated rings. The first-order valence-corrected chi connectivity index (χ1v) is 10.7. The average molecular weight is 468 g/mol.